The number of aromatic nitrogens is 4. The summed E-state index contributed by atoms with van der Waals surface area (Å²) >= 11 is 0. The molecule has 0 unspecified atom stereocenters. The number of benzene rings is 7. The van der Waals surface area contributed by atoms with Crippen molar-refractivity contribution in [1.82, 2.24) is 19.5 Å². The van der Waals surface area contributed by atoms with Crippen LogP contribution in [0.3, 0.4) is 0 Å². The minimum absolute atomic E-state index is 0.527. The van der Waals surface area contributed by atoms with E-state index in [0.29, 0.717) is 17.6 Å². The largest absolute Gasteiger partial charge is 0.454 e. The maximum absolute atomic E-state index is 6.67. The molecule has 0 saturated heterocycles. The molecule has 0 amide bonds. The lowest BCUT2D eigenvalue weighted by molar-refractivity contribution is 0.670. The van der Waals surface area contributed by atoms with Gasteiger partial charge in [0.05, 0.1) is 5.52 Å². The summed E-state index contributed by atoms with van der Waals surface area (Å²) in [7, 11) is 0. The smallest absolute Gasteiger partial charge is 0.238 e. The normalized spacial score (nSPS) is 11.6. The lowest BCUT2D eigenvalue weighted by atomic mass is 10.0. The lowest BCUT2D eigenvalue weighted by Crippen LogP contribution is -2.06. The molecule has 10 aromatic rings. The molecule has 10 rings (SSSR count). The molecule has 0 fully saturated rings. The van der Waals surface area contributed by atoms with Crippen LogP contribution in [-0.4, -0.2) is 19.5 Å². The molecule has 0 aliphatic rings. The van der Waals surface area contributed by atoms with E-state index >= 15 is 0 Å². The molecular weight excluding hydrogens is 613 g/mol. The first-order valence-corrected chi connectivity index (χ1v) is 16.7. The molecule has 0 saturated carbocycles. The Morgan fingerprint density at radius 3 is 1.70 bits per heavy atom. The minimum Gasteiger partial charge on any atom is -0.454 e. The standard InChI is InChI=1S/C45H28N4O/c1-4-13-29(14-5-1)32-19-12-20-34(27-32)44-46-43(31-17-8-3-9-18-31)47-45(48-44)49-39-26-23-33(30-15-6-2-7-16-30)28-38(39)36-24-25-37-35-21-10-11-22-40(35)50-42(37)41(36)49/h1-28H. The molecule has 0 aliphatic carbocycles. The minimum atomic E-state index is 0.527. The highest BCUT2D eigenvalue weighted by Gasteiger charge is 2.22. The quantitative estimate of drug-likeness (QED) is 0.188. The summed E-state index contributed by atoms with van der Waals surface area (Å²) in [5.74, 6) is 1.72. The van der Waals surface area contributed by atoms with E-state index in [-0.39, 0.29) is 0 Å². The van der Waals surface area contributed by atoms with Crippen LogP contribution in [0.15, 0.2) is 174 Å². The van der Waals surface area contributed by atoms with E-state index in [4.69, 9.17) is 19.4 Å². The Hall–Kier alpha value is -6.85. The van der Waals surface area contributed by atoms with Gasteiger partial charge in [-0.1, -0.05) is 140 Å². The van der Waals surface area contributed by atoms with E-state index in [2.05, 4.69) is 120 Å². The van der Waals surface area contributed by atoms with Gasteiger partial charge < -0.3 is 4.42 Å². The molecule has 0 radical (unpaired) electrons. The first kappa shape index (κ1) is 28.2. The van der Waals surface area contributed by atoms with E-state index in [0.717, 1.165) is 77.1 Å². The molecule has 0 aliphatic heterocycles. The number of hydrogen-bond donors (Lipinski definition) is 0. The van der Waals surface area contributed by atoms with E-state index in [1.807, 2.05) is 54.6 Å². The highest BCUT2D eigenvalue weighted by molar-refractivity contribution is 6.21. The van der Waals surface area contributed by atoms with Gasteiger partial charge in [-0.25, -0.2) is 4.98 Å². The van der Waals surface area contributed by atoms with Crippen molar-refractivity contribution in [3.8, 4) is 51.0 Å². The van der Waals surface area contributed by atoms with Gasteiger partial charge in [0, 0.05) is 32.7 Å². The van der Waals surface area contributed by atoms with E-state index in [1.54, 1.807) is 0 Å². The number of hydrogen-bond acceptors (Lipinski definition) is 4. The zero-order chi connectivity index (χ0) is 33.0. The number of rotatable bonds is 5. The molecule has 5 nitrogen and oxygen atoms in total. The molecule has 3 heterocycles. The number of para-hydroxylation sites is 1. The summed E-state index contributed by atoms with van der Waals surface area (Å²) in [6.45, 7) is 0. The van der Waals surface area contributed by atoms with Crippen molar-refractivity contribution in [3.63, 3.8) is 0 Å². The van der Waals surface area contributed by atoms with Gasteiger partial charge in [-0.05, 0) is 52.6 Å². The second-order valence-corrected chi connectivity index (χ2v) is 12.5. The summed E-state index contributed by atoms with van der Waals surface area (Å²) in [6.07, 6.45) is 0. The van der Waals surface area contributed by atoms with Gasteiger partial charge in [-0.2, -0.15) is 9.97 Å². The lowest BCUT2D eigenvalue weighted by Gasteiger charge is -2.12. The van der Waals surface area contributed by atoms with Gasteiger partial charge in [0.25, 0.3) is 0 Å². The van der Waals surface area contributed by atoms with Gasteiger partial charge in [0.2, 0.25) is 5.95 Å². The predicted octanol–water partition coefficient (Wildman–Crippen LogP) is 11.5. The van der Waals surface area contributed by atoms with E-state index < -0.39 is 0 Å². The summed E-state index contributed by atoms with van der Waals surface area (Å²) in [5, 5.41) is 4.29. The molecular formula is C45H28N4O. The summed E-state index contributed by atoms with van der Waals surface area (Å²) in [5.41, 5.74) is 9.91. The zero-order valence-corrected chi connectivity index (χ0v) is 26.9. The van der Waals surface area contributed by atoms with Crippen LogP contribution in [0.5, 0.6) is 0 Å². The van der Waals surface area contributed by atoms with Crippen LogP contribution in [0.25, 0.3) is 94.7 Å². The Balaban J connectivity index is 1.29. The average Bonchev–Trinajstić information content (AvgIpc) is 3.74. The molecule has 234 valence electrons. The van der Waals surface area contributed by atoms with Crippen LogP contribution in [-0.2, 0) is 0 Å². The van der Waals surface area contributed by atoms with Crippen molar-refractivity contribution in [1.29, 1.82) is 0 Å². The molecule has 0 N–H and O–H groups in total. The van der Waals surface area contributed by atoms with Gasteiger partial charge in [-0.15, -0.1) is 0 Å². The fourth-order valence-electron chi connectivity index (χ4n) is 7.08. The average molecular weight is 641 g/mol. The van der Waals surface area contributed by atoms with Crippen LogP contribution in [0.1, 0.15) is 0 Å². The third-order valence-electron chi connectivity index (χ3n) is 9.46. The maximum atomic E-state index is 6.67. The molecule has 7 aromatic carbocycles. The Kier molecular flexibility index (Phi) is 6.42. The first-order valence-electron chi connectivity index (χ1n) is 16.7. The molecule has 3 aromatic heterocycles. The fourth-order valence-corrected chi connectivity index (χ4v) is 7.08. The monoisotopic (exact) mass is 640 g/mol. The van der Waals surface area contributed by atoms with Gasteiger partial charge in [-0.3, -0.25) is 4.57 Å². The van der Waals surface area contributed by atoms with Crippen LogP contribution in [0.2, 0.25) is 0 Å². The Morgan fingerprint density at radius 2 is 0.960 bits per heavy atom. The van der Waals surface area contributed by atoms with Crippen molar-refractivity contribution in [2.75, 3.05) is 0 Å². The molecule has 0 bridgehead atoms. The maximum Gasteiger partial charge on any atom is 0.238 e. The van der Waals surface area contributed by atoms with E-state index in [1.165, 1.54) is 0 Å². The highest BCUT2D eigenvalue weighted by atomic mass is 16.3. The Labute approximate surface area is 287 Å². The van der Waals surface area contributed by atoms with Gasteiger partial charge >= 0.3 is 0 Å². The molecule has 0 atom stereocenters. The van der Waals surface area contributed by atoms with Gasteiger partial charge in [0.15, 0.2) is 17.2 Å². The van der Waals surface area contributed by atoms with Crippen LogP contribution in [0.4, 0.5) is 0 Å². The highest BCUT2D eigenvalue weighted by Crippen LogP contribution is 2.41. The molecule has 50 heavy (non-hydrogen) atoms. The Morgan fingerprint density at radius 1 is 0.380 bits per heavy atom. The predicted molar refractivity (Wildman–Crippen MR) is 203 cm³/mol. The number of nitrogens with zero attached hydrogens (tertiary/aromatic N) is 4. The van der Waals surface area contributed by atoms with Crippen molar-refractivity contribution in [2.45, 2.75) is 0 Å². The third kappa shape index (κ3) is 4.60. The topological polar surface area (TPSA) is 56.7 Å². The van der Waals surface area contributed by atoms with Crippen LogP contribution < -0.4 is 0 Å². The Bertz CT molecular complexity index is 2860. The summed E-state index contributed by atoms with van der Waals surface area (Å²) < 4.78 is 8.83. The van der Waals surface area contributed by atoms with Crippen LogP contribution >= 0.6 is 0 Å². The van der Waals surface area contributed by atoms with Gasteiger partial charge in [0.1, 0.15) is 11.1 Å². The van der Waals surface area contributed by atoms with Crippen molar-refractivity contribution in [3.05, 3.63) is 170 Å². The first-order chi connectivity index (χ1) is 24.8. The van der Waals surface area contributed by atoms with Crippen molar-refractivity contribution >= 4 is 43.7 Å². The number of furan rings is 1. The van der Waals surface area contributed by atoms with Crippen LogP contribution in [0, 0.1) is 0 Å². The second-order valence-electron chi connectivity index (χ2n) is 12.5. The fraction of sp³-hybridized carbons (Fsp3) is 0. The molecule has 5 heteroatoms. The van der Waals surface area contributed by atoms with Crippen molar-refractivity contribution < 1.29 is 4.42 Å². The summed E-state index contributed by atoms with van der Waals surface area (Å²) in [6, 6.07) is 58.6. The zero-order valence-electron chi connectivity index (χ0n) is 26.9. The summed E-state index contributed by atoms with van der Waals surface area (Å²) in [4.78, 5) is 15.5. The second kappa shape index (κ2) is 11.4. The SMILES string of the molecule is c1ccc(-c2cccc(-c3nc(-c4ccccc4)nc(-n4c5ccc(-c6ccccc6)cc5c5ccc6c7ccccc7oc6c54)n3)c2)cc1. The number of fused-ring (bicyclic) bond motifs is 7. The van der Waals surface area contributed by atoms with E-state index in [9.17, 15) is 0 Å². The third-order valence-corrected chi connectivity index (χ3v) is 9.46. The molecule has 0 spiro atoms. The van der Waals surface area contributed by atoms with Crippen molar-refractivity contribution in [2.24, 2.45) is 0 Å².